The van der Waals surface area contributed by atoms with Crippen LogP contribution in [0.3, 0.4) is 0 Å². The van der Waals surface area contributed by atoms with E-state index >= 15 is 0 Å². The largest absolute Gasteiger partial charge is 0.496 e. The highest BCUT2D eigenvalue weighted by atomic mass is 32.1. The number of pyridine rings is 1. The number of carbonyl (C=O) groups is 2. The molecule has 0 aliphatic rings. The van der Waals surface area contributed by atoms with Crippen molar-refractivity contribution in [2.45, 2.75) is 0 Å². The Labute approximate surface area is 198 Å². The van der Waals surface area contributed by atoms with E-state index in [0.717, 1.165) is 10.8 Å². The molecule has 0 aliphatic heterocycles. The Balaban J connectivity index is 1.50. The molecule has 0 unspecified atom stereocenters. The Bertz CT molecular complexity index is 1550. The quantitative estimate of drug-likeness (QED) is 0.361. The van der Waals surface area contributed by atoms with Crippen molar-refractivity contribution in [2.24, 2.45) is 5.73 Å². The first kappa shape index (κ1) is 21.4. The number of nitrogens with two attached hydrogens (primary N) is 1. The average Bonchev–Trinajstić information content (AvgIpc) is 3.35. The number of rotatable bonds is 6. The van der Waals surface area contributed by atoms with Gasteiger partial charge in [0.1, 0.15) is 17.2 Å². The second-order valence-electron chi connectivity index (χ2n) is 7.32. The number of methoxy groups -OCH3 is 1. The van der Waals surface area contributed by atoms with E-state index < -0.39 is 5.91 Å². The maximum atomic E-state index is 12.8. The van der Waals surface area contributed by atoms with Crippen LogP contribution in [0.4, 0.5) is 5.13 Å². The van der Waals surface area contributed by atoms with Gasteiger partial charge in [0.15, 0.2) is 5.13 Å². The lowest BCUT2D eigenvalue weighted by Crippen LogP contribution is -2.12. The van der Waals surface area contributed by atoms with Crippen LogP contribution in [0.2, 0.25) is 0 Å². The van der Waals surface area contributed by atoms with Crippen molar-refractivity contribution < 1.29 is 19.1 Å². The molecule has 9 heteroatoms. The predicted octanol–water partition coefficient (Wildman–Crippen LogP) is 5.00. The lowest BCUT2D eigenvalue weighted by molar-refractivity contribution is 0.0995. The van der Waals surface area contributed by atoms with E-state index in [1.54, 1.807) is 48.1 Å². The molecule has 0 fully saturated rings. The second kappa shape index (κ2) is 8.80. The van der Waals surface area contributed by atoms with Crippen molar-refractivity contribution in [2.75, 3.05) is 12.4 Å². The highest BCUT2D eigenvalue weighted by Gasteiger charge is 2.15. The first-order valence-electron chi connectivity index (χ1n) is 10.2. The third-order valence-corrected chi connectivity index (χ3v) is 5.95. The molecule has 0 saturated carbocycles. The van der Waals surface area contributed by atoms with Crippen LogP contribution in [0.1, 0.15) is 20.7 Å². The molecule has 5 aromatic rings. The topological polar surface area (TPSA) is 116 Å². The molecule has 168 valence electrons. The zero-order chi connectivity index (χ0) is 23.7. The molecule has 0 aliphatic carbocycles. The van der Waals surface area contributed by atoms with Crippen LogP contribution in [0, 0.1) is 0 Å². The monoisotopic (exact) mass is 470 g/mol. The molecule has 2 amide bonds. The number of ether oxygens (including phenoxy) is 2. The highest BCUT2D eigenvalue weighted by Crippen LogP contribution is 2.34. The fraction of sp³-hybridized carbons (Fsp3) is 0.0400. The van der Waals surface area contributed by atoms with Crippen molar-refractivity contribution in [3.63, 3.8) is 0 Å². The zero-order valence-electron chi connectivity index (χ0n) is 17.9. The maximum Gasteiger partial charge on any atom is 0.258 e. The Morgan fingerprint density at radius 3 is 2.59 bits per heavy atom. The number of hydrogen-bond acceptors (Lipinski definition) is 7. The smallest absolute Gasteiger partial charge is 0.258 e. The van der Waals surface area contributed by atoms with Crippen LogP contribution < -0.4 is 20.5 Å². The lowest BCUT2D eigenvalue weighted by Gasteiger charge is -2.13. The number of nitrogens with one attached hydrogen (secondary N) is 1. The summed E-state index contributed by atoms with van der Waals surface area (Å²) < 4.78 is 11.4. The van der Waals surface area contributed by atoms with Crippen molar-refractivity contribution in [3.8, 4) is 17.2 Å². The highest BCUT2D eigenvalue weighted by molar-refractivity contribution is 7.13. The number of primary amides is 1. The van der Waals surface area contributed by atoms with Gasteiger partial charge in [-0.2, -0.15) is 0 Å². The first-order chi connectivity index (χ1) is 16.5. The minimum Gasteiger partial charge on any atom is -0.496 e. The van der Waals surface area contributed by atoms with E-state index in [1.807, 2.05) is 24.3 Å². The van der Waals surface area contributed by atoms with Crippen molar-refractivity contribution in [1.82, 2.24) is 9.97 Å². The molecule has 2 heterocycles. The summed E-state index contributed by atoms with van der Waals surface area (Å²) >= 11 is 1.36. The molecule has 2 aromatic heterocycles. The van der Waals surface area contributed by atoms with Crippen molar-refractivity contribution in [1.29, 1.82) is 0 Å². The van der Waals surface area contributed by atoms with Crippen LogP contribution in [0.25, 0.3) is 21.7 Å². The van der Waals surface area contributed by atoms with Crippen LogP contribution in [0.15, 0.2) is 72.4 Å². The van der Waals surface area contributed by atoms with E-state index in [0.29, 0.717) is 38.8 Å². The number of aromatic nitrogens is 2. The number of carbonyl (C=O) groups excluding carboxylic acids is 2. The van der Waals surface area contributed by atoms with E-state index in [2.05, 4.69) is 15.3 Å². The van der Waals surface area contributed by atoms with Gasteiger partial charge < -0.3 is 15.2 Å². The number of fused-ring (bicyclic) bond motifs is 2. The summed E-state index contributed by atoms with van der Waals surface area (Å²) in [5.74, 6) is 0.574. The minimum absolute atomic E-state index is 0.234. The molecule has 0 spiro atoms. The van der Waals surface area contributed by atoms with Gasteiger partial charge in [0.25, 0.3) is 11.8 Å². The maximum absolute atomic E-state index is 12.8. The van der Waals surface area contributed by atoms with Gasteiger partial charge >= 0.3 is 0 Å². The molecule has 3 aromatic carbocycles. The standard InChI is InChI=1S/C25H18N4O4S/c1-32-22-13-20-18(12-19(22)23(26)30)21(7-8-27-20)33-15-5-6-16-14(11-15)3-2-4-17(16)24(31)29-25-28-9-10-34-25/h2-13H,1H3,(H2,26,30)(H,28,29,31). The molecule has 34 heavy (non-hydrogen) atoms. The minimum atomic E-state index is -0.609. The summed E-state index contributed by atoms with van der Waals surface area (Å²) in [4.78, 5) is 33.1. The zero-order valence-corrected chi connectivity index (χ0v) is 18.8. The van der Waals surface area contributed by atoms with Gasteiger partial charge in [-0.3, -0.25) is 19.9 Å². The number of anilines is 1. The van der Waals surface area contributed by atoms with Gasteiger partial charge in [-0.1, -0.05) is 12.1 Å². The third kappa shape index (κ3) is 4.00. The lowest BCUT2D eigenvalue weighted by atomic mass is 10.0. The Hall–Kier alpha value is -4.50. The number of benzene rings is 3. The van der Waals surface area contributed by atoms with Gasteiger partial charge in [-0.05, 0) is 47.2 Å². The van der Waals surface area contributed by atoms with Gasteiger partial charge in [0, 0.05) is 34.8 Å². The van der Waals surface area contributed by atoms with Crippen LogP contribution in [0.5, 0.6) is 17.2 Å². The summed E-state index contributed by atoms with van der Waals surface area (Å²) in [6.45, 7) is 0. The molecular formula is C25H18N4O4S. The van der Waals surface area contributed by atoms with E-state index in [1.165, 1.54) is 18.4 Å². The Kier molecular flexibility index (Phi) is 5.52. The van der Waals surface area contributed by atoms with Gasteiger partial charge in [-0.25, -0.2) is 4.98 Å². The fourth-order valence-electron chi connectivity index (χ4n) is 3.70. The SMILES string of the molecule is COc1cc2nccc(Oc3ccc4c(C(=O)Nc5nccs5)cccc4c3)c2cc1C(N)=O. The van der Waals surface area contributed by atoms with Crippen LogP contribution >= 0.6 is 11.3 Å². The molecule has 3 N–H and O–H groups in total. The number of hydrogen-bond donors (Lipinski definition) is 2. The van der Waals surface area contributed by atoms with Crippen LogP contribution in [-0.2, 0) is 0 Å². The van der Waals surface area contributed by atoms with E-state index in [9.17, 15) is 9.59 Å². The van der Waals surface area contributed by atoms with Gasteiger partial charge in [-0.15, -0.1) is 11.3 Å². The number of nitrogens with zero attached hydrogens (tertiary/aromatic N) is 2. The average molecular weight is 471 g/mol. The molecule has 0 saturated heterocycles. The fourth-order valence-corrected chi connectivity index (χ4v) is 4.22. The first-order valence-corrected chi connectivity index (χ1v) is 11.1. The Morgan fingerprint density at radius 1 is 0.941 bits per heavy atom. The summed E-state index contributed by atoms with van der Waals surface area (Å²) in [5.41, 5.74) is 6.88. The summed E-state index contributed by atoms with van der Waals surface area (Å²) in [5, 5.41) is 7.39. The number of thiazole rings is 1. The summed E-state index contributed by atoms with van der Waals surface area (Å²) in [6, 6.07) is 15.9. The van der Waals surface area contributed by atoms with Crippen molar-refractivity contribution >= 4 is 50.0 Å². The van der Waals surface area contributed by atoms with Gasteiger partial charge in [0.05, 0.1) is 18.2 Å². The third-order valence-electron chi connectivity index (χ3n) is 5.27. The van der Waals surface area contributed by atoms with Crippen molar-refractivity contribution in [3.05, 3.63) is 83.5 Å². The molecular weight excluding hydrogens is 452 g/mol. The van der Waals surface area contributed by atoms with E-state index in [4.69, 9.17) is 15.2 Å². The molecule has 0 atom stereocenters. The van der Waals surface area contributed by atoms with Crippen LogP contribution in [-0.4, -0.2) is 28.9 Å². The summed E-state index contributed by atoms with van der Waals surface area (Å²) in [6.07, 6.45) is 3.25. The van der Waals surface area contributed by atoms with E-state index in [-0.39, 0.29) is 11.5 Å². The van der Waals surface area contributed by atoms with Gasteiger partial charge in [0.2, 0.25) is 0 Å². The second-order valence-corrected chi connectivity index (χ2v) is 8.22. The Morgan fingerprint density at radius 2 is 1.82 bits per heavy atom. The summed E-state index contributed by atoms with van der Waals surface area (Å²) in [7, 11) is 1.47. The predicted molar refractivity (Wildman–Crippen MR) is 131 cm³/mol. The number of amides is 2. The normalized spacial score (nSPS) is 10.9. The molecule has 0 radical (unpaired) electrons. The molecule has 5 rings (SSSR count). The molecule has 8 nitrogen and oxygen atoms in total. The molecule has 0 bridgehead atoms.